The van der Waals surface area contributed by atoms with Gasteiger partial charge in [-0.1, -0.05) is 30.2 Å². The van der Waals surface area contributed by atoms with E-state index in [2.05, 4.69) is 6.92 Å². The topological polar surface area (TPSA) is 37.4 Å². The molecule has 3 heteroatoms. The Bertz CT molecular complexity index is 734. The first-order valence-corrected chi connectivity index (χ1v) is 9.89. The predicted molar refractivity (Wildman–Crippen MR) is 97.0 cm³/mol. The molecule has 1 saturated heterocycles. The Morgan fingerprint density at radius 2 is 1.40 bits per heavy atom. The van der Waals surface area contributed by atoms with Gasteiger partial charge in [0.05, 0.1) is 17.5 Å². The first-order valence-electron chi connectivity index (χ1n) is 9.89. The number of benzene rings is 1. The normalized spacial score (nSPS) is 33.7. The highest BCUT2D eigenvalue weighted by Crippen LogP contribution is 2.57. The van der Waals surface area contributed by atoms with E-state index >= 15 is 0 Å². The number of carbonyl (C=O) groups excluding carboxylic acids is 2. The molecule has 3 nitrogen and oxygen atoms in total. The van der Waals surface area contributed by atoms with Crippen LogP contribution in [-0.2, 0) is 16.0 Å². The van der Waals surface area contributed by atoms with Gasteiger partial charge in [-0.05, 0) is 74.5 Å². The molecule has 130 valence electrons. The van der Waals surface area contributed by atoms with Crippen LogP contribution in [0, 0.1) is 23.7 Å². The molecule has 0 spiro atoms. The predicted octanol–water partition coefficient (Wildman–Crippen LogP) is 4.27. The Labute approximate surface area is 149 Å². The van der Waals surface area contributed by atoms with E-state index in [4.69, 9.17) is 0 Å². The second-order valence-corrected chi connectivity index (χ2v) is 8.13. The van der Waals surface area contributed by atoms with Crippen LogP contribution < -0.4 is 4.90 Å². The van der Waals surface area contributed by atoms with Gasteiger partial charge in [0.2, 0.25) is 11.8 Å². The van der Waals surface area contributed by atoms with Crippen LogP contribution in [0.5, 0.6) is 0 Å². The minimum Gasteiger partial charge on any atom is -0.274 e. The zero-order chi connectivity index (χ0) is 17.1. The molecule has 0 bridgehead atoms. The van der Waals surface area contributed by atoms with Crippen molar-refractivity contribution in [2.75, 3.05) is 4.90 Å². The molecule has 1 heterocycles. The van der Waals surface area contributed by atoms with E-state index in [1.54, 1.807) is 11.1 Å². The largest absolute Gasteiger partial charge is 0.274 e. The van der Waals surface area contributed by atoms with Crippen LogP contribution >= 0.6 is 0 Å². The Balaban J connectivity index is 1.56. The van der Waals surface area contributed by atoms with Crippen LogP contribution in [0.25, 0.3) is 0 Å². The molecule has 0 unspecified atom stereocenters. The van der Waals surface area contributed by atoms with Crippen molar-refractivity contribution in [2.45, 2.75) is 51.9 Å². The Morgan fingerprint density at radius 3 is 1.88 bits per heavy atom. The molecule has 1 aliphatic heterocycles. The summed E-state index contributed by atoms with van der Waals surface area (Å²) < 4.78 is 0. The summed E-state index contributed by atoms with van der Waals surface area (Å²) >= 11 is 0. The van der Waals surface area contributed by atoms with E-state index in [0.29, 0.717) is 11.8 Å². The third-order valence-corrected chi connectivity index (χ3v) is 7.10. The summed E-state index contributed by atoms with van der Waals surface area (Å²) in [5.41, 5.74) is 5.12. The number of nitrogens with zero attached hydrogens (tertiary/aromatic N) is 1. The molecule has 25 heavy (non-hydrogen) atoms. The number of carbonyl (C=O) groups is 2. The van der Waals surface area contributed by atoms with E-state index in [1.165, 1.54) is 23.3 Å². The molecule has 2 saturated carbocycles. The summed E-state index contributed by atoms with van der Waals surface area (Å²) in [5.74, 6) is 0.617. The lowest BCUT2D eigenvalue weighted by molar-refractivity contribution is -0.122. The third kappa shape index (κ3) is 2.04. The molecule has 1 aromatic rings. The average Bonchev–Trinajstić information content (AvgIpc) is 3.33. The SMILES string of the molecule is CCc1ccc(N2C(=O)[C@@H]3[C@H](C2=O)[C@@H]2CCCC2=C2CCC[C@H]23)cc1. The second-order valence-electron chi connectivity index (χ2n) is 8.13. The van der Waals surface area contributed by atoms with Crippen molar-refractivity contribution < 1.29 is 9.59 Å². The second kappa shape index (κ2) is 5.55. The molecule has 1 aromatic carbocycles. The molecule has 4 aliphatic rings. The van der Waals surface area contributed by atoms with Gasteiger partial charge >= 0.3 is 0 Å². The maximum Gasteiger partial charge on any atom is 0.238 e. The highest BCUT2D eigenvalue weighted by molar-refractivity contribution is 6.22. The molecule has 3 aliphatic carbocycles. The molecule has 0 aromatic heterocycles. The lowest BCUT2D eigenvalue weighted by atomic mass is 9.66. The van der Waals surface area contributed by atoms with E-state index in [0.717, 1.165) is 37.8 Å². The fourth-order valence-corrected chi connectivity index (χ4v) is 6.03. The van der Waals surface area contributed by atoms with Gasteiger partial charge in [-0.3, -0.25) is 14.5 Å². The summed E-state index contributed by atoms with van der Waals surface area (Å²) in [6, 6.07) is 7.98. The van der Waals surface area contributed by atoms with Crippen molar-refractivity contribution in [1.82, 2.24) is 0 Å². The molecular formula is C22H25NO2. The molecular weight excluding hydrogens is 310 g/mol. The number of hydrogen-bond donors (Lipinski definition) is 0. The summed E-state index contributed by atoms with van der Waals surface area (Å²) in [7, 11) is 0. The monoisotopic (exact) mass is 335 g/mol. The maximum atomic E-state index is 13.3. The van der Waals surface area contributed by atoms with Gasteiger partial charge in [0.1, 0.15) is 0 Å². The summed E-state index contributed by atoms with van der Waals surface area (Å²) in [6.45, 7) is 2.12. The van der Waals surface area contributed by atoms with E-state index in [1.807, 2.05) is 24.3 Å². The lowest BCUT2D eigenvalue weighted by Crippen LogP contribution is -2.35. The molecule has 0 N–H and O–H groups in total. The fourth-order valence-electron chi connectivity index (χ4n) is 6.03. The average molecular weight is 335 g/mol. The smallest absolute Gasteiger partial charge is 0.238 e. The van der Waals surface area contributed by atoms with E-state index < -0.39 is 0 Å². The lowest BCUT2D eigenvalue weighted by Gasteiger charge is -2.34. The Kier molecular flexibility index (Phi) is 3.41. The van der Waals surface area contributed by atoms with Gasteiger partial charge in [0, 0.05) is 0 Å². The van der Waals surface area contributed by atoms with E-state index in [9.17, 15) is 9.59 Å². The van der Waals surface area contributed by atoms with Crippen molar-refractivity contribution in [3.8, 4) is 0 Å². The van der Waals surface area contributed by atoms with Gasteiger partial charge in [-0.25, -0.2) is 0 Å². The van der Waals surface area contributed by atoms with Gasteiger partial charge in [-0.2, -0.15) is 0 Å². The quantitative estimate of drug-likeness (QED) is 0.598. The molecule has 2 amide bonds. The summed E-state index contributed by atoms with van der Waals surface area (Å²) in [5, 5.41) is 0. The number of fused-ring (bicyclic) bond motifs is 5. The van der Waals surface area contributed by atoms with Crippen molar-refractivity contribution in [2.24, 2.45) is 23.7 Å². The number of aryl methyl sites for hydroxylation is 1. The molecule has 5 rings (SSSR count). The van der Waals surface area contributed by atoms with Crippen molar-refractivity contribution >= 4 is 17.5 Å². The zero-order valence-corrected chi connectivity index (χ0v) is 14.8. The van der Waals surface area contributed by atoms with Crippen LogP contribution in [0.15, 0.2) is 35.4 Å². The Morgan fingerprint density at radius 1 is 0.880 bits per heavy atom. The summed E-state index contributed by atoms with van der Waals surface area (Å²) in [6.07, 6.45) is 7.84. The minimum absolute atomic E-state index is 0.0644. The fraction of sp³-hybridized carbons (Fsp3) is 0.545. The first-order chi connectivity index (χ1) is 12.2. The number of rotatable bonds is 2. The first kappa shape index (κ1) is 15.4. The molecule has 4 atom stereocenters. The molecule has 3 fully saturated rings. The van der Waals surface area contributed by atoms with E-state index in [-0.39, 0.29) is 23.7 Å². The van der Waals surface area contributed by atoms with Crippen molar-refractivity contribution in [1.29, 1.82) is 0 Å². The van der Waals surface area contributed by atoms with Crippen LogP contribution in [0.1, 0.15) is 51.0 Å². The van der Waals surface area contributed by atoms with Crippen LogP contribution in [0.3, 0.4) is 0 Å². The number of anilines is 1. The molecule has 0 radical (unpaired) electrons. The van der Waals surface area contributed by atoms with Gasteiger partial charge < -0.3 is 0 Å². The van der Waals surface area contributed by atoms with Gasteiger partial charge in [0.25, 0.3) is 0 Å². The third-order valence-electron chi connectivity index (χ3n) is 7.10. The maximum absolute atomic E-state index is 13.3. The van der Waals surface area contributed by atoms with Gasteiger partial charge in [0.15, 0.2) is 0 Å². The zero-order valence-electron chi connectivity index (χ0n) is 14.8. The number of amides is 2. The number of allylic oxidation sites excluding steroid dienone is 2. The number of hydrogen-bond acceptors (Lipinski definition) is 2. The van der Waals surface area contributed by atoms with Crippen LogP contribution in [0.4, 0.5) is 5.69 Å². The highest BCUT2D eigenvalue weighted by atomic mass is 16.2. The number of imide groups is 1. The van der Waals surface area contributed by atoms with Crippen LogP contribution in [0.2, 0.25) is 0 Å². The standard InChI is InChI=1S/C22H25NO2/c1-2-13-9-11-14(12-10-13)23-21(24)19-17-7-3-5-15(17)16-6-4-8-18(16)20(19)22(23)25/h9-12,17-20H,2-8H2,1H3/t17-,18-,19-,20+/m1/s1. The highest BCUT2D eigenvalue weighted by Gasteiger charge is 2.59. The minimum atomic E-state index is -0.0947. The van der Waals surface area contributed by atoms with Crippen LogP contribution in [-0.4, -0.2) is 11.8 Å². The van der Waals surface area contributed by atoms with Gasteiger partial charge in [-0.15, -0.1) is 0 Å². The van der Waals surface area contributed by atoms with Crippen molar-refractivity contribution in [3.63, 3.8) is 0 Å². The Hall–Kier alpha value is -1.90. The summed E-state index contributed by atoms with van der Waals surface area (Å²) in [4.78, 5) is 28.2. The van der Waals surface area contributed by atoms with Crippen molar-refractivity contribution in [3.05, 3.63) is 41.0 Å².